The number of rotatable bonds is 8. The molecule has 4 rings (SSSR count). The molecule has 2 amide bonds. The maximum absolute atomic E-state index is 13.1. The van der Waals surface area contributed by atoms with Crippen LogP contribution in [0.4, 0.5) is 0 Å². The highest BCUT2D eigenvalue weighted by atomic mass is 16.5. The number of ketones is 1. The van der Waals surface area contributed by atoms with Crippen LogP contribution in [0.15, 0.2) is 35.9 Å². The molecule has 0 bridgehead atoms. The second-order valence-electron chi connectivity index (χ2n) is 8.55. The van der Waals surface area contributed by atoms with E-state index < -0.39 is 41.8 Å². The molecule has 1 aromatic rings. The van der Waals surface area contributed by atoms with Crippen molar-refractivity contribution >= 4 is 17.6 Å². The van der Waals surface area contributed by atoms with Gasteiger partial charge in [-0.3, -0.25) is 14.4 Å². The highest BCUT2D eigenvalue weighted by Crippen LogP contribution is 2.47. The Morgan fingerprint density at radius 1 is 1.24 bits per heavy atom. The lowest BCUT2D eigenvalue weighted by molar-refractivity contribution is -0.149. The van der Waals surface area contributed by atoms with E-state index in [2.05, 4.69) is 5.32 Å². The second-order valence-corrected chi connectivity index (χ2v) is 8.55. The Bertz CT molecular complexity index is 940. The normalized spacial score (nSPS) is 27.7. The smallest absolute Gasteiger partial charge is 0.290 e. The number of nitrogens with zero attached hydrogens (tertiary/aromatic N) is 1. The summed E-state index contributed by atoms with van der Waals surface area (Å²) in [6.45, 7) is 2.17. The molecule has 2 aliphatic heterocycles. The number of Topliss-reactive ketones (excluding diaryl/α,β-unsaturated/α-hetero) is 1. The molecule has 0 saturated carbocycles. The number of nitrogens with one attached hydrogen (secondary N) is 1. The third-order valence-corrected chi connectivity index (χ3v) is 6.48. The number of hydrogen-bond acceptors (Lipinski definition) is 7. The Morgan fingerprint density at radius 3 is 2.73 bits per heavy atom. The molecule has 3 N–H and O–H groups in total. The van der Waals surface area contributed by atoms with Crippen LogP contribution in [0.25, 0.3) is 0 Å². The summed E-state index contributed by atoms with van der Waals surface area (Å²) < 4.78 is 11.7. The number of amides is 2. The first-order valence-electron chi connectivity index (χ1n) is 11.5. The number of aliphatic hydroxyl groups excluding tert-OH is 2. The fourth-order valence-corrected chi connectivity index (χ4v) is 4.85. The monoisotopic (exact) mass is 458 g/mol. The van der Waals surface area contributed by atoms with Crippen LogP contribution in [-0.4, -0.2) is 83.4 Å². The average Bonchev–Trinajstić information content (AvgIpc) is 3.49. The van der Waals surface area contributed by atoms with Crippen LogP contribution in [0.5, 0.6) is 5.75 Å². The van der Waals surface area contributed by atoms with Gasteiger partial charge in [0.2, 0.25) is 11.7 Å². The Hall–Kier alpha value is -2.75. The minimum absolute atomic E-state index is 0.0330. The number of ether oxygens (including phenoxy) is 2. The van der Waals surface area contributed by atoms with Crippen LogP contribution in [0.2, 0.25) is 0 Å². The Morgan fingerprint density at radius 2 is 2.03 bits per heavy atom. The number of hydrogen-bond donors (Lipinski definition) is 3. The maximum atomic E-state index is 13.1. The van der Waals surface area contributed by atoms with Crippen LogP contribution in [0.1, 0.15) is 37.7 Å². The van der Waals surface area contributed by atoms with Gasteiger partial charge in [-0.25, -0.2) is 0 Å². The minimum Gasteiger partial charge on any atom is -0.486 e. The summed E-state index contributed by atoms with van der Waals surface area (Å²) >= 11 is 0. The SMILES string of the molecule is CCC(=O)C(=O)N(CC1CCCO1)C1C=C(C(=O)NCCO)C2c3ccccc3OC2C1O. The first-order valence-corrected chi connectivity index (χ1v) is 11.5. The molecule has 0 radical (unpaired) electrons. The van der Waals surface area contributed by atoms with Gasteiger partial charge in [0.05, 0.1) is 24.7 Å². The summed E-state index contributed by atoms with van der Waals surface area (Å²) in [6.07, 6.45) is 0.996. The predicted octanol–water partition coefficient (Wildman–Crippen LogP) is 0.296. The van der Waals surface area contributed by atoms with E-state index in [0.717, 1.165) is 18.4 Å². The third kappa shape index (κ3) is 4.53. The van der Waals surface area contributed by atoms with Crippen molar-refractivity contribution in [2.24, 2.45) is 0 Å². The van der Waals surface area contributed by atoms with E-state index in [4.69, 9.17) is 14.6 Å². The van der Waals surface area contributed by atoms with Crippen molar-refractivity contribution in [3.8, 4) is 5.75 Å². The van der Waals surface area contributed by atoms with E-state index in [9.17, 15) is 19.5 Å². The number of benzene rings is 1. The summed E-state index contributed by atoms with van der Waals surface area (Å²) in [7, 11) is 0. The van der Waals surface area contributed by atoms with Crippen molar-refractivity contribution in [2.75, 3.05) is 26.3 Å². The number of para-hydroxylation sites is 1. The van der Waals surface area contributed by atoms with Gasteiger partial charge in [-0.05, 0) is 25.0 Å². The zero-order valence-electron chi connectivity index (χ0n) is 18.6. The summed E-state index contributed by atoms with van der Waals surface area (Å²) in [6, 6.07) is 6.31. The van der Waals surface area contributed by atoms with Crippen LogP contribution >= 0.6 is 0 Å². The summed E-state index contributed by atoms with van der Waals surface area (Å²) in [5, 5.41) is 23.2. The van der Waals surface area contributed by atoms with Crippen molar-refractivity contribution in [1.82, 2.24) is 10.2 Å². The fourth-order valence-electron chi connectivity index (χ4n) is 4.85. The molecule has 178 valence electrons. The molecule has 1 saturated heterocycles. The van der Waals surface area contributed by atoms with Gasteiger partial charge in [-0.1, -0.05) is 25.1 Å². The topological polar surface area (TPSA) is 125 Å². The fraction of sp³-hybridized carbons (Fsp3) is 0.542. The first-order chi connectivity index (χ1) is 16.0. The molecule has 3 aliphatic rings. The molecule has 0 spiro atoms. The summed E-state index contributed by atoms with van der Waals surface area (Å²) in [5.74, 6) is -1.67. The maximum Gasteiger partial charge on any atom is 0.290 e. The summed E-state index contributed by atoms with van der Waals surface area (Å²) in [4.78, 5) is 39.8. The number of carbonyl (C=O) groups is 3. The van der Waals surface area contributed by atoms with Crippen molar-refractivity contribution in [2.45, 2.75) is 56.5 Å². The third-order valence-electron chi connectivity index (χ3n) is 6.48. The molecule has 1 aromatic carbocycles. The molecular formula is C24H30N2O7. The molecule has 33 heavy (non-hydrogen) atoms. The second kappa shape index (κ2) is 10.0. The molecule has 5 unspecified atom stereocenters. The van der Waals surface area contributed by atoms with Crippen molar-refractivity contribution in [3.63, 3.8) is 0 Å². The van der Waals surface area contributed by atoms with Crippen LogP contribution < -0.4 is 10.1 Å². The molecule has 1 fully saturated rings. The van der Waals surface area contributed by atoms with Crippen LogP contribution in [0, 0.1) is 0 Å². The Balaban J connectivity index is 1.74. The highest BCUT2D eigenvalue weighted by Gasteiger charge is 2.51. The lowest BCUT2D eigenvalue weighted by Gasteiger charge is -2.41. The molecule has 9 nitrogen and oxygen atoms in total. The largest absolute Gasteiger partial charge is 0.486 e. The molecular weight excluding hydrogens is 428 g/mol. The molecule has 1 aliphatic carbocycles. The van der Waals surface area contributed by atoms with Gasteiger partial charge in [0, 0.05) is 37.3 Å². The predicted molar refractivity (Wildman–Crippen MR) is 118 cm³/mol. The van der Waals surface area contributed by atoms with Gasteiger partial charge in [-0.2, -0.15) is 0 Å². The lowest BCUT2D eigenvalue weighted by Crippen LogP contribution is -2.58. The molecule has 5 atom stereocenters. The van der Waals surface area contributed by atoms with Crippen LogP contribution in [0.3, 0.4) is 0 Å². The van der Waals surface area contributed by atoms with Gasteiger partial charge in [-0.15, -0.1) is 0 Å². The quantitative estimate of drug-likeness (QED) is 0.478. The van der Waals surface area contributed by atoms with E-state index >= 15 is 0 Å². The lowest BCUT2D eigenvalue weighted by atomic mass is 9.77. The van der Waals surface area contributed by atoms with E-state index in [1.807, 2.05) is 18.2 Å². The van der Waals surface area contributed by atoms with Gasteiger partial charge in [0.1, 0.15) is 18.0 Å². The zero-order chi connectivity index (χ0) is 23.5. The molecule has 2 heterocycles. The number of carbonyl (C=O) groups excluding carboxylic acids is 3. The van der Waals surface area contributed by atoms with Crippen molar-refractivity contribution < 1.29 is 34.1 Å². The number of fused-ring (bicyclic) bond motifs is 3. The van der Waals surface area contributed by atoms with Crippen LogP contribution in [-0.2, 0) is 19.1 Å². The van der Waals surface area contributed by atoms with Gasteiger partial charge < -0.3 is 29.9 Å². The average molecular weight is 459 g/mol. The molecule has 0 aromatic heterocycles. The highest BCUT2D eigenvalue weighted by molar-refractivity contribution is 6.36. The van der Waals surface area contributed by atoms with E-state index in [0.29, 0.717) is 17.9 Å². The zero-order valence-corrected chi connectivity index (χ0v) is 18.6. The van der Waals surface area contributed by atoms with Gasteiger partial charge in [0.15, 0.2) is 0 Å². The Kier molecular flexibility index (Phi) is 7.11. The molecule has 9 heteroatoms. The van der Waals surface area contributed by atoms with E-state index in [1.54, 1.807) is 19.1 Å². The van der Waals surface area contributed by atoms with Gasteiger partial charge in [0.25, 0.3) is 5.91 Å². The van der Waals surface area contributed by atoms with E-state index in [1.165, 1.54) is 4.90 Å². The van der Waals surface area contributed by atoms with Gasteiger partial charge >= 0.3 is 0 Å². The minimum atomic E-state index is -1.16. The number of aliphatic hydroxyl groups is 2. The first kappa shape index (κ1) is 23.4. The standard InChI is InChI=1S/C24H30N2O7/c1-2-18(28)24(31)26(13-14-6-5-11-32-14)17-12-16(23(30)25-9-10-27)20-15-7-3-4-8-19(15)33-22(20)21(17)29/h3-4,7-8,12,14,17,20-22,27,29H,2,5-6,9-11,13H2,1H3,(H,25,30). The van der Waals surface area contributed by atoms with E-state index in [-0.39, 0.29) is 32.2 Å². The Labute approximate surface area is 192 Å². The van der Waals surface area contributed by atoms with Crippen molar-refractivity contribution in [1.29, 1.82) is 0 Å². The summed E-state index contributed by atoms with van der Waals surface area (Å²) in [5.41, 5.74) is 1.11. The van der Waals surface area contributed by atoms with Crippen molar-refractivity contribution in [3.05, 3.63) is 41.5 Å².